The highest BCUT2D eigenvalue weighted by Crippen LogP contribution is 2.26. The average molecular weight is 295 g/mol. The third-order valence-corrected chi connectivity index (χ3v) is 4.95. The van der Waals surface area contributed by atoms with Crippen LogP contribution in [-0.4, -0.2) is 33.2 Å². The summed E-state index contributed by atoms with van der Waals surface area (Å²) in [7, 11) is 1.64. The number of hydrogen-bond acceptors (Lipinski definition) is 4. The van der Waals surface area contributed by atoms with E-state index in [0.29, 0.717) is 11.8 Å². The first kappa shape index (κ1) is 13.0. The Morgan fingerprint density at radius 1 is 1.47 bits per heavy atom. The number of rotatable bonds is 3. The zero-order valence-electron chi connectivity index (χ0n) is 10.9. The van der Waals surface area contributed by atoms with Crippen molar-refractivity contribution in [1.82, 2.24) is 14.5 Å². The Hall–Kier alpha value is -1.01. The van der Waals surface area contributed by atoms with Gasteiger partial charge < -0.3 is 14.3 Å². The molecule has 0 aliphatic carbocycles. The van der Waals surface area contributed by atoms with Crippen molar-refractivity contribution in [2.45, 2.75) is 19.4 Å². The van der Waals surface area contributed by atoms with E-state index in [2.05, 4.69) is 14.5 Å². The molecule has 19 heavy (non-hydrogen) atoms. The lowest BCUT2D eigenvalue weighted by Gasteiger charge is -2.21. The molecule has 0 unspecified atom stereocenters. The van der Waals surface area contributed by atoms with E-state index in [1.807, 2.05) is 23.9 Å². The Bertz CT molecular complexity index is 628. The maximum absolute atomic E-state index is 5.42. The molecular weight excluding hydrogens is 278 g/mol. The molecule has 4 nitrogen and oxygen atoms in total. The van der Waals surface area contributed by atoms with Crippen LogP contribution in [0, 0.1) is 10.7 Å². The van der Waals surface area contributed by atoms with Crippen molar-refractivity contribution in [2.75, 3.05) is 18.6 Å². The van der Waals surface area contributed by atoms with Crippen LogP contribution in [0.25, 0.3) is 11.2 Å². The summed E-state index contributed by atoms with van der Waals surface area (Å²) in [4.78, 5) is 7.74. The van der Waals surface area contributed by atoms with Crippen molar-refractivity contribution in [2.24, 2.45) is 5.92 Å². The predicted molar refractivity (Wildman–Crippen MR) is 81.5 cm³/mol. The van der Waals surface area contributed by atoms with Crippen molar-refractivity contribution < 1.29 is 4.74 Å². The molecule has 0 spiro atoms. The zero-order valence-corrected chi connectivity index (χ0v) is 12.5. The first-order chi connectivity index (χ1) is 9.28. The summed E-state index contributed by atoms with van der Waals surface area (Å²) in [6.07, 6.45) is 2.53. The highest BCUT2D eigenvalue weighted by atomic mass is 32.2. The van der Waals surface area contributed by atoms with Gasteiger partial charge in [-0.3, -0.25) is 0 Å². The van der Waals surface area contributed by atoms with Crippen LogP contribution in [0.15, 0.2) is 12.1 Å². The number of pyridine rings is 1. The normalized spacial score (nSPS) is 16.9. The summed E-state index contributed by atoms with van der Waals surface area (Å²) in [6, 6.07) is 3.83. The fourth-order valence-corrected chi connectivity index (χ4v) is 3.96. The molecule has 102 valence electrons. The quantitative estimate of drug-likeness (QED) is 0.883. The molecular formula is C13H17N3OS2. The van der Waals surface area contributed by atoms with E-state index >= 15 is 0 Å². The van der Waals surface area contributed by atoms with Crippen molar-refractivity contribution in [1.29, 1.82) is 0 Å². The molecule has 0 bridgehead atoms. The number of imidazole rings is 1. The Labute approximate surface area is 121 Å². The molecule has 0 atom stereocenters. The van der Waals surface area contributed by atoms with Gasteiger partial charge >= 0.3 is 0 Å². The molecule has 0 amide bonds. The number of nitrogens with one attached hydrogen (secondary N) is 1. The minimum atomic E-state index is 0.634. The second kappa shape index (κ2) is 5.54. The van der Waals surface area contributed by atoms with Crippen molar-refractivity contribution in [3.63, 3.8) is 0 Å². The van der Waals surface area contributed by atoms with Crippen molar-refractivity contribution >= 4 is 35.1 Å². The van der Waals surface area contributed by atoms with E-state index < -0.39 is 0 Å². The molecule has 2 aromatic rings. The summed E-state index contributed by atoms with van der Waals surface area (Å²) >= 11 is 7.47. The molecule has 1 aliphatic rings. The van der Waals surface area contributed by atoms with E-state index in [1.165, 1.54) is 24.3 Å². The first-order valence-electron chi connectivity index (χ1n) is 6.49. The largest absolute Gasteiger partial charge is 0.481 e. The first-order valence-corrected chi connectivity index (χ1v) is 8.05. The maximum Gasteiger partial charge on any atom is 0.215 e. The van der Waals surface area contributed by atoms with Gasteiger partial charge in [0.2, 0.25) is 5.88 Å². The number of aromatic amines is 1. The van der Waals surface area contributed by atoms with E-state index in [-0.39, 0.29) is 0 Å². The van der Waals surface area contributed by atoms with Crippen LogP contribution < -0.4 is 4.74 Å². The van der Waals surface area contributed by atoms with Gasteiger partial charge in [0, 0.05) is 12.6 Å². The highest BCUT2D eigenvalue weighted by Gasteiger charge is 2.16. The van der Waals surface area contributed by atoms with Gasteiger partial charge in [-0.2, -0.15) is 16.7 Å². The molecule has 6 heteroatoms. The topological polar surface area (TPSA) is 42.8 Å². The predicted octanol–water partition coefficient (Wildman–Crippen LogP) is 3.25. The lowest BCUT2D eigenvalue weighted by atomic mass is 10.0. The molecule has 0 saturated carbocycles. The number of thioether (sulfide) groups is 1. The standard InChI is InChI=1S/C13H17N3OS2/c1-17-11-3-2-10-12(15-11)16(13(18)14-10)8-9-4-6-19-7-5-9/h2-3,9H,4-8H2,1H3,(H,14,18). The highest BCUT2D eigenvalue weighted by molar-refractivity contribution is 7.99. The van der Waals surface area contributed by atoms with Gasteiger partial charge in [0.25, 0.3) is 0 Å². The number of hydrogen-bond donors (Lipinski definition) is 1. The molecule has 0 radical (unpaired) electrons. The van der Waals surface area contributed by atoms with Crippen LogP contribution in [-0.2, 0) is 6.54 Å². The van der Waals surface area contributed by atoms with Gasteiger partial charge in [-0.05, 0) is 48.5 Å². The van der Waals surface area contributed by atoms with E-state index in [9.17, 15) is 0 Å². The molecule has 1 N–H and O–H groups in total. The molecule has 2 aromatic heterocycles. The van der Waals surface area contributed by atoms with Gasteiger partial charge in [0.05, 0.1) is 12.6 Å². The molecule has 3 heterocycles. The fraction of sp³-hybridized carbons (Fsp3) is 0.538. The fourth-order valence-electron chi connectivity index (χ4n) is 2.48. The number of fused-ring (bicyclic) bond motifs is 1. The van der Waals surface area contributed by atoms with E-state index in [4.69, 9.17) is 17.0 Å². The SMILES string of the molecule is COc1ccc2[nH]c(=S)n(CC3CCSCC3)c2n1. The second-order valence-electron chi connectivity index (χ2n) is 4.82. The van der Waals surface area contributed by atoms with Gasteiger partial charge in [0.15, 0.2) is 10.4 Å². The Balaban J connectivity index is 1.96. The molecule has 1 saturated heterocycles. The molecule has 1 fully saturated rings. The lowest BCUT2D eigenvalue weighted by molar-refractivity contribution is 0.396. The second-order valence-corrected chi connectivity index (χ2v) is 6.43. The van der Waals surface area contributed by atoms with Crippen LogP contribution in [0.4, 0.5) is 0 Å². The van der Waals surface area contributed by atoms with Crippen LogP contribution >= 0.6 is 24.0 Å². The minimum absolute atomic E-state index is 0.634. The zero-order chi connectivity index (χ0) is 13.2. The van der Waals surface area contributed by atoms with E-state index in [1.54, 1.807) is 7.11 Å². The number of H-pyrrole nitrogens is 1. The smallest absolute Gasteiger partial charge is 0.215 e. The monoisotopic (exact) mass is 295 g/mol. The van der Waals surface area contributed by atoms with Gasteiger partial charge in [0.1, 0.15) is 0 Å². The van der Waals surface area contributed by atoms with Crippen LogP contribution in [0.3, 0.4) is 0 Å². The molecule has 3 rings (SSSR count). The van der Waals surface area contributed by atoms with Crippen molar-refractivity contribution in [3.05, 3.63) is 16.9 Å². The third-order valence-electron chi connectivity index (χ3n) is 3.58. The summed E-state index contributed by atoms with van der Waals surface area (Å²) in [5, 5.41) is 0. The molecule has 0 aromatic carbocycles. The number of ether oxygens (including phenoxy) is 1. The maximum atomic E-state index is 5.42. The Kier molecular flexibility index (Phi) is 3.79. The van der Waals surface area contributed by atoms with E-state index in [0.717, 1.165) is 22.5 Å². The van der Waals surface area contributed by atoms with Gasteiger partial charge in [-0.1, -0.05) is 0 Å². The summed E-state index contributed by atoms with van der Waals surface area (Å²) < 4.78 is 8.08. The number of nitrogens with zero attached hydrogens (tertiary/aromatic N) is 2. The Morgan fingerprint density at radius 3 is 3.00 bits per heavy atom. The minimum Gasteiger partial charge on any atom is -0.481 e. The number of methoxy groups -OCH3 is 1. The summed E-state index contributed by atoms with van der Waals surface area (Å²) in [5.41, 5.74) is 1.89. The third kappa shape index (κ3) is 2.65. The van der Waals surface area contributed by atoms with Crippen LogP contribution in [0.1, 0.15) is 12.8 Å². The van der Waals surface area contributed by atoms with Gasteiger partial charge in [-0.25, -0.2) is 0 Å². The summed E-state index contributed by atoms with van der Waals surface area (Å²) in [6.45, 7) is 0.958. The molecule has 1 aliphatic heterocycles. The van der Waals surface area contributed by atoms with Gasteiger partial charge in [-0.15, -0.1) is 0 Å². The average Bonchev–Trinajstić information content (AvgIpc) is 2.76. The summed E-state index contributed by atoms with van der Waals surface area (Å²) in [5.74, 6) is 3.86. The van der Waals surface area contributed by atoms with Crippen molar-refractivity contribution in [3.8, 4) is 5.88 Å². The Morgan fingerprint density at radius 2 is 2.26 bits per heavy atom. The lowest BCUT2D eigenvalue weighted by Crippen LogP contribution is -2.16. The number of aromatic nitrogens is 3. The van der Waals surface area contributed by atoms with Crippen LogP contribution in [0.5, 0.6) is 5.88 Å². The van der Waals surface area contributed by atoms with Crippen LogP contribution in [0.2, 0.25) is 0 Å².